The Bertz CT molecular complexity index is 1950. The van der Waals surface area contributed by atoms with Crippen LogP contribution in [0.1, 0.15) is 18.6 Å². The lowest BCUT2D eigenvalue weighted by atomic mass is 10.1. The lowest BCUT2D eigenvalue weighted by molar-refractivity contribution is 1.13. The molecule has 0 fully saturated rings. The Labute approximate surface area is 214 Å². The molecule has 0 saturated carbocycles. The number of hydrogen-bond donors (Lipinski definition) is 0. The monoisotopic (exact) mass is 474 g/mol. The lowest BCUT2D eigenvalue weighted by Gasteiger charge is -2.12. The van der Waals surface area contributed by atoms with Crippen LogP contribution in [0, 0.1) is 22.7 Å². The van der Waals surface area contributed by atoms with Crippen molar-refractivity contribution in [3.63, 3.8) is 0 Å². The van der Waals surface area contributed by atoms with Gasteiger partial charge >= 0.3 is 0 Å². The molecule has 0 radical (unpaired) electrons. The van der Waals surface area contributed by atoms with Crippen LogP contribution in [0.15, 0.2) is 109 Å². The van der Waals surface area contributed by atoms with Crippen LogP contribution < -0.4 is 0 Å². The topological polar surface area (TPSA) is 57.4 Å². The number of nitrogens with zero attached hydrogens (tertiary/aromatic N) is 4. The van der Waals surface area contributed by atoms with E-state index in [1.807, 2.05) is 36.4 Å². The highest BCUT2D eigenvalue weighted by atomic mass is 15.0. The first-order valence-corrected chi connectivity index (χ1v) is 11.7. The van der Waals surface area contributed by atoms with E-state index < -0.39 is 0 Å². The Kier molecular flexibility index (Phi) is 5.04. The number of benzene rings is 5. The zero-order valence-corrected chi connectivity index (χ0v) is 19.2. The molecule has 0 spiro atoms. The molecule has 37 heavy (non-hydrogen) atoms. The molecular weight excluding hydrogens is 452 g/mol. The summed E-state index contributed by atoms with van der Waals surface area (Å²) in [7, 11) is 0. The molecule has 0 unspecified atom stereocenters. The van der Waals surface area contributed by atoms with E-state index in [0.717, 1.165) is 44.2 Å². The van der Waals surface area contributed by atoms with Crippen LogP contribution in [0.5, 0.6) is 0 Å². The molecule has 4 nitrogen and oxygen atoms in total. The first-order valence-electron chi connectivity index (χ1n) is 11.7. The molecular formula is C33H22N4. The van der Waals surface area contributed by atoms with Crippen LogP contribution in [0.3, 0.4) is 0 Å². The van der Waals surface area contributed by atoms with Crippen molar-refractivity contribution in [3.05, 3.63) is 120 Å². The number of nitriles is 2. The summed E-state index contributed by atoms with van der Waals surface area (Å²) in [4.78, 5) is 0. The Morgan fingerprint density at radius 1 is 0.432 bits per heavy atom. The van der Waals surface area contributed by atoms with Crippen molar-refractivity contribution in [1.29, 1.82) is 10.5 Å². The van der Waals surface area contributed by atoms with E-state index in [1.54, 1.807) is 0 Å². The van der Waals surface area contributed by atoms with Gasteiger partial charge in [-0.1, -0.05) is 49.9 Å². The maximum absolute atomic E-state index is 9.50. The predicted octanol–water partition coefficient (Wildman–Crippen LogP) is 8.26. The largest absolute Gasteiger partial charge is 0.309 e. The van der Waals surface area contributed by atoms with Crippen molar-refractivity contribution in [3.8, 4) is 23.5 Å². The van der Waals surface area contributed by atoms with Crippen LogP contribution in [0.25, 0.3) is 55.0 Å². The van der Waals surface area contributed by atoms with Crippen molar-refractivity contribution >= 4 is 43.6 Å². The van der Waals surface area contributed by atoms with Gasteiger partial charge in [-0.3, -0.25) is 0 Å². The van der Waals surface area contributed by atoms with Crippen LogP contribution in [-0.2, 0) is 0 Å². The Balaban J connectivity index is 0.00000252. The second kappa shape index (κ2) is 8.41. The zero-order chi connectivity index (χ0) is 24.2. The van der Waals surface area contributed by atoms with E-state index in [-0.39, 0.29) is 7.43 Å². The van der Waals surface area contributed by atoms with Crippen molar-refractivity contribution in [2.24, 2.45) is 0 Å². The molecule has 0 aliphatic heterocycles. The van der Waals surface area contributed by atoms with Gasteiger partial charge in [-0.2, -0.15) is 10.5 Å². The van der Waals surface area contributed by atoms with Crippen LogP contribution in [0.4, 0.5) is 0 Å². The van der Waals surface area contributed by atoms with Gasteiger partial charge in [-0.25, -0.2) is 0 Å². The molecule has 2 heterocycles. The van der Waals surface area contributed by atoms with Gasteiger partial charge in [0.05, 0.1) is 45.3 Å². The summed E-state index contributed by atoms with van der Waals surface area (Å²) in [6, 6.07) is 41.5. The van der Waals surface area contributed by atoms with Gasteiger partial charge in [0.2, 0.25) is 0 Å². The van der Waals surface area contributed by atoms with Gasteiger partial charge in [0.1, 0.15) is 0 Å². The third kappa shape index (κ3) is 3.21. The molecule has 0 amide bonds. The fraction of sp³-hybridized carbons (Fsp3) is 0.0303. The minimum Gasteiger partial charge on any atom is -0.309 e. The molecule has 4 heteroatoms. The summed E-state index contributed by atoms with van der Waals surface area (Å²) < 4.78 is 4.52. The smallest absolute Gasteiger partial charge is 0.0991 e. The summed E-state index contributed by atoms with van der Waals surface area (Å²) >= 11 is 0. The van der Waals surface area contributed by atoms with Crippen LogP contribution >= 0.6 is 0 Å². The van der Waals surface area contributed by atoms with Gasteiger partial charge in [-0.15, -0.1) is 0 Å². The Hall–Kier alpha value is -5.32. The van der Waals surface area contributed by atoms with Gasteiger partial charge in [-0.05, 0) is 66.7 Å². The number of hydrogen-bond acceptors (Lipinski definition) is 2. The Morgan fingerprint density at radius 2 is 0.865 bits per heavy atom. The minimum absolute atomic E-state index is 0. The van der Waals surface area contributed by atoms with Gasteiger partial charge in [0, 0.05) is 32.9 Å². The molecule has 7 rings (SSSR count). The quantitative estimate of drug-likeness (QED) is 0.253. The molecule has 0 aliphatic carbocycles. The van der Waals surface area contributed by atoms with Crippen molar-refractivity contribution < 1.29 is 0 Å². The third-order valence-electron chi connectivity index (χ3n) is 6.95. The summed E-state index contributed by atoms with van der Waals surface area (Å²) in [5.41, 5.74) is 7.61. The normalized spacial score (nSPS) is 11.0. The molecule has 2 aromatic heterocycles. The SMILES string of the molecule is C.N#Cc1ccc2c(c1)c1cc(C#N)ccc1n2-c1cccc(-n2c3ccccc3c3ccccc32)c1. The number of para-hydroxylation sites is 2. The van der Waals surface area contributed by atoms with Gasteiger partial charge in [0.15, 0.2) is 0 Å². The molecule has 0 saturated heterocycles. The van der Waals surface area contributed by atoms with Crippen LogP contribution in [0.2, 0.25) is 0 Å². The third-order valence-corrected chi connectivity index (χ3v) is 6.95. The summed E-state index contributed by atoms with van der Waals surface area (Å²) in [6.45, 7) is 0. The number of rotatable bonds is 2. The molecule has 0 aliphatic rings. The van der Waals surface area contributed by atoms with Gasteiger partial charge < -0.3 is 9.13 Å². The highest BCUT2D eigenvalue weighted by molar-refractivity contribution is 6.11. The maximum atomic E-state index is 9.50. The summed E-state index contributed by atoms with van der Waals surface area (Å²) in [5.74, 6) is 0. The van der Waals surface area contributed by atoms with E-state index in [1.165, 1.54) is 10.8 Å². The van der Waals surface area contributed by atoms with Crippen molar-refractivity contribution in [1.82, 2.24) is 9.13 Å². The molecule has 5 aromatic carbocycles. The molecule has 174 valence electrons. The number of aromatic nitrogens is 2. The highest BCUT2D eigenvalue weighted by Crippen LogP contribution is 2.36. The standard InChI is InChI=1S/C32H18N4.CH4/c33-19-21-12-14-31-27(16-21)28-17-22(20-34)13-15-32(28)36(31)24-7-5-6-23(18-24)35-29-10-3-1-8-25(29)26-9-2-4-11-30(26)35;/h1-18H;1H4. The van der Waals surface area contributed by atoms with E-state index >= 15 is 0 Å². The lowest BCUT2D eigenvalue weighted by Crippen LogP contribution is -1.98. The average molecular weight is 475 g/mol. The number of fused-ring (bicyclic) bond motifs is 6. The first-order chi connectivity index (χ1) is 17.8. The fourth-order valence-electron chi connectivity index (χ4n) is 5.41. The fourth-order valence-corrected chi connectivity index (χ4v) is 5.41. The second-order valence-corrected chi connectivity index (χ2v) is 8.91. The summed E-state index contributed by atoms with van der Waals surface area (Å²) in [5, 5.41) is 23.4. The molecule has 0 N–H and O–H groups in total. The van der Waals surface area contributed by atoms with Crippen LogP contribution in [-0.4, -0.2) is 9.13 Å². The molecule has 7 aromatic rings. The average Bonchev–Trinajstić information content (AvgIpc) is 3.45. The highest BCUT2D eigenvalue weighted by Gasteiger charge is 2.16. The molecule has 0 bridgehead atoms. The summed E-state index contributed by atoms with van der Waals surface area (Å²) in [6.07, 6.45) is 0. The first kappa shape index (κ1) is 22.2. The van der Waals surface area contributed by atoms with E-state index in [0.29, 0.717) is 11.1 Å². The maximum Gasteiger partial charge on any atom is 0.0991 e. The van der Waals surface area contributed by atoms with Crippen molar-refractivity contribution in [2.75, 3.05) is 0 Å². The van der Waals surface area contributed by atoms with E-state index in [2.05, 4.69) is 94.1 Å². The van der Waals surface area contributed by atoms with E-state index in [9.17, 15) is 10.5 Å². The predicted molar refractivity (Wildman–Crippen MR) is 151 cm³/mol. The second-order valence-electron chi connectivity index (χ2n) is 8.91. The van der Waals surface area contributed by atoms with Gasteiger partial charge in [0.25, 0.3) is 0 Å². The van der Waals surface area contributed by atoms with Crippen molar-refractivity contribution in [2.45, 2.75) is 7.43 Å². The Morgan fingerprint density at radius 3 is 1.32 bits per heavy atom. The van der Waals surface area contributed by atoms with E-state index in [4.69, 9.17) is 0 Å². The minimum atomic E-state index is 0. The zero-order valence-electron chi connectivity index (χ0n) is 19.2. The molecule has 0 atom stereocenters.